The molecule has 0 saturated carbocycles. The number of ether oxygens (including phenoxy) is 1. The molecule has 2 N–H and O–H groups in total. The van der Waals surface area contributed by atoms with E-state index in [1.165, 1.54) is 6.92 Å². The first-order chi connectivity index (χ1) is 10.0. The smallest absolute Gasteiger partial charge is 0.258 e. The van der Waals surface area contributed by atoms with Crippen LogP contribution in [0.15, 0.2) is 24.3 Å². The fraction of sp³-hybridized carbons (Fsp3) is 0.400. The van der Waals surface area contributed by atoms with E-state index in [2.05, 4.69) is 10.6 Å². The van der Waals surface area contributed by atoms with E-state index < -0.39 is 0 Å². The van der Waals surface area contributed by atoms with Crippen LogP contribution in [-0.4, -0.2) is 37.3 Å². The fourth-order valence-electron chi connectivity index (χ4n) is 1.58. The molecule has 114 valence electrons. The summed E-state index contributed by atoms with van der Waals surface area (Å²) in [6.07, 6.45) is 0.455. The summed E-state index contributed by atoms with van der Waals surface area (Å²) in [5, 5.41) is 5.18. The zero-order valence-corrected chi connectivity index (χ0v) is 12.3. The highest BCUT2D eigenvalue weighted by Gasteiger charge is 2.05. The molecule has 0 saturated heterocycles. The zero-order chi connectivity index (χ0) is 15.7. The Morgan fingerprint density at radius 2 is 1.67 bits per heavy atom. The number of carbonyl (C=O) groups is 3. The number of ketones is 1. The van der Waals surface area contributed by atoms with Crippen molar-refractivity contribution in [2.24, 2.45) is 0 Å². The molecule has 0 fully saturated rings. The third-order valence-electron chi connectivity index (χ3n) is 2.69. The standard InChI is InChI=1S/C15H20N2O4/c1-3-14(19)12-4-6-13(7-5-12)21-10-15(20)17-9-8-16-11(2)18/h4-7H,3,8-10H2,1-2H3,(H,16,18)(H,17,20). The third-order valence-corrected chi connectivity index (χ3v) is 2.69. The molecule has 6 nitrogen and oxygen atoms in total. The van der Waals surface area contributed by atoms with E-state index in [0.717, 1.165) is 0 Å². The summed E-state index contributed by atoms with van der Waals surface area (Å²) in [6.45, 7) is 3.84. The Morgan fingerprint density at radius 1 is 1.05 bits per heavy atom. The molecule has 0 heterocycles. The number of carbonyl (C=O) groups excluding carboxylic acids is 3. The fourth-order valence-corrected chi connectivity index (χ4v) is 1.58. The summed E-state index contributed by atoms with van der Waals surface area (Å²) in [4.78, 5) is 33.6. The van der Waals surface area contributed by atoms with Gasteiger partial charge in [-0.05, 0) is 24.3 Å². The molecule has 1 aromatic rings. The monoisotopic (exact) mass is 292 g/mol. The lowest BCUT2D eigenvalue weighted by atomic mass is 10.1. The lowest BCUT2D eigenvalue weighted by Gasteiger charge is -2.08. The van der Waals surface area contributed by atoms with Crippen molar-refractivity contribution in [3.63, 3.8) is 0 Å². The maximum atomic E-state index is 11.5. The van der Waals surface area contributed by atoms with E-state index in [9.17, 15) is 14.4 Å². The van der Waals surface area contributed by atoms with Crippen LogP contribution >= 0.6 is 0 Å². The molecule has 0 unspecified atom stereocenters. The third kappa shape index (κ3) is 6.56. The van der Waals surface area contributed by atoms with Crippen LogP contribution in [0.3, 0.4) is 0 Å². The minimum Gasteiger partial charge on any atom is -0.484 e. The van der Waals surface area contributed by atoms with Crippen LogP contribution in [0.2, 0.25) is 0 Å². The number of hydrogen-bond acceptors (Lipinski definition) is 4. The number of rotatable bonds is 8. The molecule has 0 aromatic heterocycles. The van der Waals surface area contributed by atoms with Gasteiger partial charge in [0.1, 0.15) is 5.75 Å². The topological polar surface area (TPSA) is 84.5 Å². The van der Waals surface area contributed by atoms with Gasteiger partial charge in [0.05, 0.1) is 0 Å². The maximum absolute atomic E-state index is 11.5. The number of nitrogens with one attached hydrogen (secondary N) is 2. The summed E-state index contributed by atoms with van der Waals surface area (Å²) in [6, 6.07) is 6.67. The summed E-state index contributed by atoms with van der Waals surface area (Å²) in [7, 11) is 0. The molecule has 0 spiro atoms. The lowest BCUT2D eigenvalue weighted by molar-refractivity contribution is -0.123. The molecular formula is C15H20N2O4. The Morgan fingerprint density at radius 3 is 2.24 bits per heavy atom. The van der Waals surface area contributed by atoms with Gasteiger partial charge in [0.2, 0.25) is 5.91 Å². The second-order valence-corrected chi connectivity index (χ2v) is 4.42. The highest BCUT2D eigenvalue weighted by atomic mass is 16.5. The van der Waals surface area contributed by atoms with Crippen molar-refractivity contribution >= 4 is 17.6 Å². The van der Waals surface area contributed by atoms with Gasteiger partial charge in [-0.3, -0.25) is 14.4 Å². The Hall–Kier alpha value is -2.37. The molecule has 6 heteroatoms. The van der Waals surface area contributed by atoms with Crippen LogP contribution in [0.1, 0.15) is 30.6 Å². The molecule has 0 bridgehead atoms. The number of hydrogen-bond donors (Lipinski definition) is 2. The van der Waals surface area contributed by atoms with Crippen molar-refractivity contribution < 1.29 is 19.1 Å². The van der Waals surface area contributed by atoms with Crippen LogP contribution in [0.4, 0.5) is 0 Å². The number of amides is 2. The van der Waals surface area contributed by atoms with Gasteiger partial charge in [0.25, 0.3) is 5.91 Å². The second-order valence-electron chi connectivity index (χ2n) is 4.42. The lowest BCUT2D eigenvalue weighted by Crippen LogP contribution is -2.36. The first-order valence-electron chi connectivity index (χ1n) is 6.80. The van der Waals surface area contributed by atoms with Gasteiger partial charge < -0.3 is 15.4 Å². The molecule has 0 aliphatic rings. The molecule has 1 aromatic carbocycles. The van der Waals surface area contributed by atoms with Crippen molar-refractivity contribution in [2.45, 2.75) is 20.3 Å². The van der Waals surface area contributed by atoms with Crippen LogP contribution in [0.25, 0.3) is 0 Å². The predicted molar refractivity (Wildman–Crippen MR) is 78.3 cm³/mol. The Kier molecular flexibility index (Phi) is 6.94. The summed E-state index contributed by atoms with van der Waals surface area (Å²) in [5.74, 6) is 0.188. The van der Waals surface area contributed by atoms with Gasteiger partial charge in [-0.25, -0.2) is 0 Å². The van der Waals surface area contributed by atoms with Gasteiger partial charge in [-0.15, -0.1) is 0 Å². The Balaban J connectivity index is 2.29. The van der Waals surface area contributed by atoms with Crippen molar-refractivity contribution in [1.82, 2.24) is 10.6 Å². The summed E-state index contributed by atoms with van der Waals surface area (Å²) < 4.78 is 5.30. The predicted octanol–water partition coefficient (Wildman–Crippen LogP) is 0.910. The molecule has 0 radical (unpaired) electrons. The van der Waals surface area contributed by atoms with Crippen LogP contribution < -0.4 is 15.4 Å². The average Bonchev–Trinajstić information content (AvgIpc) is 2.49. The Bertz CT molecular complexity index is 497. The summed E-state index contributed by atoms with van der Waals surface area (Å²) in [5.41, 5.74) is 0.629. The highest BCUT2D eigenvalue weighted by molar-refractivity contribution is 5.95. The molecular weight excluding hydrogens is 272 g/mol. The second kappa shape index (κ2) is 8.73. The van der Waals surface area contributed by atoms with Crippen LogP contribution in [0.5, 0.6) is 5.75 Å². The quantitative estimate of drug-likeness (QED) is 0.551. The first-order valence-corrected chi connectivity index (χ1v) is 6.80. The molecule has 21 heavy (non-hydrogen) atoms. The van der Waals surface area contributed by atoms with E-state index in [0.29, 0.717) is 30.8 Å². The van der Waals surface area contributed by atoms with E-state index >= 15 is 0 Å². The van der Waals surface area contributed by atoms with E-state index in [4.69, 9.17) is 4.74 Å². The molecule has 0 aliphatic carbocycles. The molecule has 0 atom stereocenters. The van der Waals surface area contributed by atoms with Crippen molar-refractivity contribution in [2.75, 3.05) is 19.7 Å². The number of Topliss-reactive ketones (excluding diaryl/α,β-unsaturated/α-hetero) is 1. The van der Waals surface area contributed by atoms with Crippen LogP contribution in [0, 0.1) is 0 Å². The molecule has 1 rings (SSSR count). The van der Waals surface area contributed by atoms with Gasteiger partial charge in [-0.2, -0.15) is 0 Å². The van der Waals surface area contributed by atoms with Crippen molar-refractivity contribution in [3.8, 4) is 5.75 Å². The van der Waals surface area contributed by atoms with Gasteiger partial charge in [-0.1, -0.05) is 6.92 Å². The van der Waals surface area contributed by atoms with Gasteiger partial charge in [0, 0.05) is 32.0 Å². The zero-order valence-electron chi connectivity index (χ0n) is 12.3. The molecule has 0 aliphatic heterocycles. The SMILES string of the molecule is CCC(=O)c1ccc(OCC(=O)NCCNC(C)=O)cc1. The maximum Gasteiger partial charge on any atom is 0.258 e. The van der Waals surface area contributed by atoms with E-state index in [1.807, 2.05) is 0 Å². The summed E-state index contributed by atoms with van der Waals surface area (Å²) >= 11 is 0. The van der Waals surface area contributed by atoms with Gasteiger partial charge >= 0.3 is 0 Å². The minimum atomic E-state index is -0.269. The Labute approximate surface area is 123 Å². The van der Waals surface area contributed by atoms with Crippen molar-refractivity contribution in [3.05, 3.63) is 29.8 Å². The van der Waals surface area contributed by atoms with Crippen LogP contribution in [-0.2, 0) is 9.59 Å². The minimum absolute atomic E-state index is 0.0669. The van der Waals surface area contributed by atoms with E-state index in [-0.39, 0.29) is 24.2 Å². The normalized spacial score (nSPS) is 9.81. The number of benzene rings is 1. The average molecular weight is 292 g/mol. The first kappa shape index (κ1) is 16.7. The largest absolute Gasteiger partial charge is 0.484 e. The van der Waals surface area contributed by atoms with E-state index in [1.54, 1.807) is 31.2 Å². The van der Waals surface area contributed by atoms with Crippen molar-refractivity contribution in [1.29, 1.82) is 0 Å². The van der Waals surface area contributed by atoms with Gasteiger partial charge in [0.15, 0.2) is 12.4 Å². The highest BCUT2D eigenvalue weighted by Crippen LogP contribution is 2.13. The molecule has 2 amide bonds.